The van der Waals surface area contributed by atoms with E-state index in [1.54, 1.807) is 0 Å². The number of hydrogen-bond donors (Lipinski definition) is 1. The summed E-state index contributed by atoms with van der Waals surface area (Å²) >= 11 is 0. The van der Waals surface area contributed by atoms with Crippen LogP contribution in [-0.4, -0.2) is 29.9 Å². The zero-order valence-corrected chi connectivity index (χ0v) is 15.3. The highest BCUT2D eigenvalue weighted by atomic mass is 35.5. The van der Waals surface area contributed by atoms with Gasteiger partial charge in [0, 0.05) is 18.5 Å². The van der Waals surface area contributed by atoms with E-state index in [9.17, 15) is 4.79 Å². The summed E-state index contributed by atoms with van der Waals surface area (Å²) in [6, 6.07) is 7.26. The fourth-order valence-corrected chi connectivity index (χ4v) is 4.08. The van der Waals surface area contributed by atoms with Crippen LogP contribution in [0, 0.1) is 19.8 Å². The number of hydrogen-bond acceptors (Lipinski definition) is 2. The summed E-state index contributed by atoms with van der Waals surface area (Å²) in [4.78, 5) is 15.2. The van der Waals surface area contributed by atoms with Gasteiger partial charge in [0.1, 0.15) is 0 Å². The Balaban J connectivity index is 0.00000192. The maximum atomic E-state index is 13.0. The maximum Gasteiger partial charge on any atom is 0.226 e. The first kappa shape index (κ1) is 18.3. The van der Waals surface area contributed by atoms with Gasteiger partial charge in [-0.3, -0.25) is 4.79 Å². The van der Waals surface area contributed by atoms with E-state index in [4.69, 9.17) is 0 Å². The van der Waals surface area contributed by atoms with E-state index in [0.717, 1.165) is 38.8 Å². The fraction of sp³-hybridized carbons (Fsp3) is 0.632. The molecule has 0 bridgehead atoms. The first-order valence-corrected chi connectivity index (χ1v) is 8.68. The summed E-state index contributed by atoms with van der Waals surface area (Å²) in [5.41, 5.74) is 4.03. The molecule has 0 spiro atoms. The van der Waals surface area contributed by atoms with Crippen LogP contribution >= 0.6 is 12.4 Å². The molecule has 3 rings (SSSR count). The van der Waals surface area contributed by atoms with Crippen LogP contribution in [0.4, 0.5) is 0 Å². The van der Waals surface area contributed by atoms with Crippen molar-refractivity contribution in [1.82, 2.24) is 10.2 Å². The summed E-state index contributed by atoms with van der Waals surface area (Å²) in [5.74, 6) is 0.596. The molecule has 2 fully saturated rings. The van der Waals surface area contributed by atoms with Crippen molar-refractivity contribution in [3.05, 3.63) is 34.9 Å². The number of amides is 1. The number of nitrogens with zero attached hydrogens (tertiary/aromatic N) is 1. The number of halogens is 1. The van der Waals surface area contributed by atoms with Crippen molar-refractivity contribution in [2.45, 2.75) is 58.5 Å². The largest absolute Gasteiger partial charge is 0.335 e. The number of benzene rings is 1. The van der Waals surface area contributed by atoms with Crippen molar-refractivity contribution in [2.24, 2.45) is 5.92 Å². The quantitative estimate of drug-likeness (QED) is 0.891. The minimum Gasteiger partial charge on any atom is -0.335 e. The smallest absolute Gasteiger partial charge is 0.226 e. The Morgan fingerprint density at radius 2 is 2.04 bits per heavy atom. The summed E-state index contributed by atoms with van der Waals surface area (Å²) in [6.45, 7) is 8.44. The van der Waals surface area contributed by atoms with Gasteiger partial charge in [-0.05, 0) is 69.7 Å². The first-order valence-electron chi connectivity index (χ1n) is 8.68. The zero-order valence-electron chi connectivity index (χ0n) is 14.5. The average Bonchev–Trinajstić information content (AvgIpc) is 2.98. The van der Waals surface area contributed by atoms with Crippen molar-refractivity contribution < 1.29 is 4.79 Å². The Kier molecular flexibility index (Phi) is 6.10. The van der Waals surface area contributed by atoms with Crippen LogP contribution in [0.2, 0.25) is 0 Å². The fourth-order valence-electron chi connectivity index (χ4n) is 4.08. The lowest BCUT2D eigenvalue weighted by molar-refractivity contribution is -0.137. The topological polar surface area (TPSA) is 32.3 Å². The maximum absolute atomic E-state index is 13.0. The molecule has 23 heavy (non-hydrogen) atoms. The van der Waals surface area contributed by atoms with Crippen molar-refractivity contribution >= 4 is 18.3 Å². The molecule has 1 aromatic rings. The molecular weight excluding hydrogens is 308 g/mol. The van der Waals surface area contributed by atoms with Crippen LogP contribution < -0.4 is 5.32 Å². The highest BCUT2D eigenvalue weighted by Crippen LogP contribution is 2.36. The Hall–Kier alpha value is -1.06. The second-order valence-electron chi connectivity index (χ2n) is 7.06. The predicted molar refractivity (Wildman–Crippen MR) is 97.0 cm³/mol. The molecule has 3 nitrogen and oxygen atoms in total. The molecule has 1 N–H and O–H groups in total. The van der Waals surface area contributed by atoms with Crippen LogP contribution in [0.15, 0.2) is 18.2 Å². The van der Waals surface area contributed by atoms with E-state index in [2.05, 4.69) is 49.2 Å². The van der Waals surface area contributed by atoms with Crippen LogP contribution in [0.5, 0.6) is 0 Å². The minimum absolute atomic E-state index is 0. The Morgan fingerprint density at radius 3 is 2.78 bits per heavy atom. The van der Waals surface area contributed by atoms with Crippen LogP contribution in [0.1, 0.15) is 55.3 Å². The van der Waals surface area contributed by atoms with Gasteiger partial charge in [-0.2, -0.15) is 0 Å². The molecule has 2 aliphatic heterocycles. The molecule has 2 saturated heterocycles. The minimum atomic E-state index is 0. The summed E-state index contributed by atoms with van der Waals surface area (Å²) < 4.78 is 0. The number of piperidine rings is 1. The van der Waals surface area contributed by atoms with Crippen molar-refractivity contribution in [2.75, 3.05) is 13.1 Å². The lowest BCUT2D eigenvalue weighted by atomic mass is 9.90. The molecule has 0 radical (unpaired) electrons. The summed E-state index contributed by atoms with van der Waals surface area (Å²) in [5, 5.41) is 3.45. The third kappa shape index (κ3) is 3.72. The van der Waals surface area contributed by atoms with Gasteiger partial charge in [0.15, 0.2) is 0 Å². The summed E-state index contributed by atoms with van der Waals surface area (Å²) in [7, 11) is 0. The SMILES string of the molecule is Cc1cccc(C2CCCN2C(=O)[C@H]2CCN[C@@H](C)C2)c1C.Cl. The van der Waals surface area contributed by atoms with Crippen LogP contribution in [0.25, 0.3) is 0 Å². The van der Waals surface area contributed by atoms with Gasteiger partial charge in [-0.25, -0.2) is 0 Å². The van der Waals surface area contributed by atoms with E-state index >= 15 is 0 Å². The normalized spacial score (nSPS) is 27.6. The molecule has 2 aliphatic rings. The van der Waals surface area contributed by atoms with Crippen molar-refractivity contribution in [1.29, 1.82) is 0 Å². The van der Waals surface area contributed by atoms with E-state index in [1.807, 2.05) is 0 Å². The number of likely N-dealkylation sites (tertiary alicyclic amines) is 1. The van der Waals surface area contributed by atoms with Crippen molar-refractivity contribution in [3.8, 4) is 0 Å². The molecule has 128 valence electrons. The zero-order chi connectivity index (χ0) is 15.7. The third-order valence-electron chi connectivity index (χ3n) is 5.51. The number of aryl methyl sites for hydroxylation is 1. The van der Waals surface area contributed by atoms with Crippen molar-refractivity contribution in [3.63, 3.8) is 0 Å². The van der Waals surface area contributed by atoms with Gasteiger partial charge < -0.3 is 10.2 Å². The van der Waals surface area contributed by atoms with Gasteiger partial charge in [-0.15, -0.1) is 12.4 Å². The van der Waals surface area contributed by atoms with Crippen LogP contribution in [0.3, 0.4) is 0 Å². The average molecular weight is 337 g/mol. The van der Waals surface area contributed by atoms with E-state index in [-0.39, 0.29) is 24.4 Å². The highest BCUT2D eigenvalue weighted by molar-refractivity contribution is 5.85. The highest BCUT2D eigenvalue weighted by Gasteiger charge is 2.35. The standard InChI is InChI=1S/C19H28N2O.ClH/c1-13-6-4-7-17(15(13)3)18-8-5-11-21(18)19(22)16-9-10-20-14(2)12-16;/h4,6-7,14,16,18,20H,5,8-12H2,1-3H3;1H/t14-,16-,18?;/m0./s1. The molecule has 1 aromatic carbocycles. The monoisotopic (exact) mass is 336 g/mol. The number of carbonyl (C=O) groups is 1. The Labute approximate surface area is 146 Å². The van der Waals surface area contributed by atoms with Gasteiger partial charge in [0.2, 0.25) is 5.91 Å². The molecule has 1 unspecified atom stereocenters. The molecule has 2 heterocycles. The molecule has 0 saturated carbocycles. The molecule has 4 heteroatoms. The lowest BCUT2D eigenvalue weighted by Crippen LogP contribution is -2.44. The van der Waals surface area contributed by atoms with Gasteiger partial charge in [-0.1, -0.05) is 18.2 Å². The Morgan fingerprint density at radius 1 is 1.26 bits per heavy atom. The van der Waals surface area contributed by atoms with Gasteiger partial charge in [0.25, 0.3) is 0 Å². The number of carbonyl (C=O) groups excluding carboxylic acids is 1. The van der Waals surface area contributed by atoms with E-state index in [0.29, 0.717) is 11.9 Å². The molecular formula is C19H29ClN2O. The molecule has 0 aliphatic carbocycles. The Bertz CT molecular complexity index is 560. The molecule has 0 aromatic heterocycles. The van der Waals surface area contributed by atoms with Gasteiger partial charge >= 0.3 is 0 Å². The number of nitrogens with one attached hydrogen (secondary N) is 1. The van der Waals surface area contributed by atoms with Crippen LogP contribution in [-0.2, 0) is 4.79 Å². The third-order valence-corrected chi connectivity index (χ3v) is 5.51. The van der Waals surface area contributed by atoms with E-state index < -0.39 is 0 Å². The molecule has 1 amide bonds. The second kappa shape index (κ2) is 7.67. The van der Waals surface area contributed by atoms with Gasteiger partial charge in [0.05, 0.1) is 6.04 Å². The van der Waals surface area contributed by atoms with E-state index in [1.165, 1.54) is 16.7 Å². The number of rotatable bonds is 2. The summed E-state index contributed by atoms with van der Waals surface area (Å²) in [6.07, 6.45) is 4.20. The molecule has 3 atom stereocenters. The lowest BCUT2D eigenvalue weighted by Gasteiger charge is -2.34. The first-order chi connectivity index (χ1) is 10.6. The second-order valence-corrected chi connectivity index (χ2v) is 7.06. The predicted octanol–water partition coefficient (Wildman–Crippen LogP) is 3.78.